The summed E-state index contributed by atoms with van der Waals surface area (Å²) in [5.41, 5.74) is 4.43. The lowest BCUT2D eigenvalue weighted by atomic mass is 9.94. The zero-order chi connectivity index (χ0) is 16.8. The molecule has 122 valence electrons. The predicted molar refractivity (Wildman–Crippen MR) is 92.2 cm³/mol. The zero-order valence-electron chi connectivity index (χ0n) is 14.0. The van der Waals surface area contributed by atoms with E-state index in [0.717, 1.165) is 16.9 Å². The van der Waals surface area contributed by atoms with Crippen LogP contribution < -0.4 is 4.74 Å². The van der Waals surface area contributed by atoms with E-state index in [9.17, 15) is 9.90 Å². The van der Waals surface area contributed by atoms with Crippen LogP contribution in [0.2, 0.25) is 0 Å². The summed E-state index contributed by atoms with van der Waals surface area (Å²) < 4.78 is 5.73. The Morgan fingerprint density at radius 3 is 2.35 bits per heavy atom. The first-order valence-electron chi connectivity index (χ1n) is 7.97. The number of carbonyl (C=O) groups is 1. The molecule has 1 N–H and O–H groups in total. The highest BCUT2D eigenvalue weighted by molar-refractivity contribution is 5.76. The fourth-order valence-electron chi connectivity index (χ4n) is 2.51. The molecule has 0 heterocycles. The maximum atomic E-state index is 11.5. The van der Waals surface area contributed by atoms with E-state index in [-0.39, 0.29) is 0 Å². The highest BCUT2D eigenvalue weighted by Gasteiger charge is 2.19. The molecule has 0 spiro atoms. The van der Waals surface area contributed by atoms with Gasteiger partial charge in [0.2, 0.25) is 0 Å². The van der Waals surface area contributed by atoms with E-state index in [1.54, 1.807) is 0 Å². The van der Waals surface area contributed by atoms with Gasteiger partial charge in [-0.2, -0.15) is 0 Å². The van der Waals surface area contributed by atoms with Gasteiger partial charge in [-0.25, -0.2) is 0 Å². The molecule has 0 fully saturated rings. The molecule has 0 saturated heterocycles. The molecule has 1 atom stereocenters. The first-order valence-corrected chi connectivity index (χ1v) is 7.97. The van der Waals surface area contributed by atoms with Crippen molar-refractivity contribution in [2.24, 2.45) is 0 Å². The quantitative estimate of drug-likeness (QED) is 0.758. The van der Waals surface area contributed by atoms with Gasteiger partial charge in [0, 0.05) is 0 Å². The lowest BCUT2D eigenvalue weighted by Crippen LogP contribution is -2.13. The average Bonchev–Trinajstić information content (AvgIpc) is 2.51. The maximum absolute atomic E-state index is 11.5. The summed E-state index contributed by atoms with van der Waals surface area (Å²) in [5.74, 6) is -0.408. The molecule has 3 heteroatoms. The monoisotopic (exact) mass is 312 g/mol. The van der Waals surface area contributed by atoms with Crippen LogP contribution in [-0.4, -0.2) is 17.7 Å². The number of aryl methyl sites for hydroxylation is 3. The number of aliphatic carboxylic acids is 1. The Morgan fingerprint density at radius 2 is 1.74 bits per heavy atom. The van der Waals surface area contributed by atoms with Gasteiger partial charge in [0.25, 0.3) is 0 Å². The van der Waals surface area contributed by atoms with Gasteiger partial charge in [-0.05, 0) is 62.4 Å². The van der Waals surface area contributed by atoms with Crippen molar-refractivity contribution in [2.75, 3.05) is 6.61 Å². The van der Waals surface area contributed by atoms with Crippen molar-refractivity contribution in [3.63, 3.8) is 0 Å². The van der Waals surface area contributed by atoms with E-state index >= 15 is 0 Å². The van der Waals surface area contributed by atoms with Crippen LogP contribution in [-0.2, 0) is 4.79 Å². The molecule has 0 bridgehead atoms. The number of rotatable bonds is 7. The first-order chi connectivity index (χ1) is 11.0. The van der Waals surface area contributed by atoms with Crippen molar-refractivity contribution in [3.05, 3.63) is 64.7 Å². The Balaban J connectivity index is 1.88. The highest BCUT2D eigenvalue weighted by atomic mass is 16.5. The number of hydrogen-bond donors (Lipinski definition) is 1. The Bertz CT molecular complexity index is 659. The van der Waals surface area contributed by atoms with E-state index in [4.69, 9.17) is 4.74 Å². The van der Waals surface area contributed by atoms with Gasteiger partial charge in [-0.1, -0.05) is 35.9 Å². The maximum Gasteiger partial charge on any atom is 0.310 e. The van der Waals surface area contributed by atoms with Crippen molar-refractivity contribution < 1.29 is 14.6 Å². The molecule has 23 heavy (non-hydrogen) atoms. The molecule has 0 aliphatic rings. The van der Waals surface area contributed by atoms with Gasteiger partial charge in [0.05, 0.1) is 12.5 Å². The molecule has 2 rings (SSSR count). The highest BCUT2D eigenvalue weighted by Crippen LogP contribution is 2.23. The lowest BCUT2D eigenvalue weighted by Gasteiger charge is -2.14. The summed E-state index contributed by atoms with van der Waals surface area (Å²) in [7, 11) is 0. The van der Waals surface area contributed by atoms with E-state index < -0.39 is 11.9 Å². The van der Waals surface area contributed by atoms with Gasteiger partial charge in [-0.15, -0.1) is 0 Å². The van der Waals surface area contributed by atoms with Crippen molar-refractivity contribution in [1.29, 1.82) is 0 Å². The fourth-order valence-corrected chi connectivity index (χ4v) is 2.51. The summed E-state index contributed by atoms with van der Waals surface area (Å²) in [6.07, 6.45) is 1.28. The van der Waals surface area contributed by atoms with Crippen LogP contribution in [0.15, 0.2) is 42.5 Å². The second-order valence-electron chi connectivity index (χ2n) is 6.04. The molecule has 0 amide bonds. The number of carboxylic acid groups (broad SMARTS) is 1. The third kappa shape index (κ3) is 4.85. The van der Waals surface area contributed by atoms with E-state index in [0.29, 0.717) is 19.4 Å². The van der Waals surface area contributed by atoms with Crippen LogP contribution in [0.5, 0.6) is 5.75 Å². The molecule has 2 aromatic rings. The minimum atomic E-state index is -0.778. The second kappa shape index (κ2) is 7.82. The predicted octanol–water partition coefficient (Wildman–Crippen LogP) is 4.64. The normalized spacial score (nSPS) is 12.0. The molecule has 0 aliphatic heterocycles. The summed E-state index contributed by atoms with van der Waals surface area (Å²) in [6, 6.07) is 13.7. The molecule has 0 saturated carbocycles. The van der Waals surface area contributed by atoms with Crippen LogP contribution in [0.1, 0.15) is 41.0 Å². The fraction of sp³-hybridized carbons (Fsp3) is 0.350. The smallest absolute Gasteiger partial charge is 0.310 e. The van der Waals surface area contributed by atoms with E-state index in [1.807, 2.05) is 49.4 Å². The molecule has 0 radical (unpaired) electrons. The summed E-state index contributed by atoms with van der Waals surface area (Å²) in [4.78, 5) is 11.5. The molecule has 3 nitrogen and oxygen atoms in total. The molecule has 2 aromatic carbocycles. The average molecular weight is 312 g/mol. The SMILES string of the molecule is Cc1ccc(C(CCCOc2ccc(C)c(C)c2)C(=O)O)cc1. The topological polar surface area (TPSA) is 46.5 Å². The Kier molecular flexibility index (Phi) is 5.80. The summed E-state index contributed by atoms with van der Waals surface area (Å²) in [6.45, 7) is 6.65. The third-order valence-electron chi connectivity index (χ3n) is 4.16. The van der Waals surface area contributed by atoms with Gasteiger partial charge < -0.3 is 9.84 Å². The van der Waals surface area contributed by atoms with Crippen molar-refractivity contribution in [2.45, 2.75) is 39.5 Å². The van der Waals surface area contributed by atoms with E-state index in [1.165, 1.54) is 11.1 Å². The van der Waals surface area contributed by atoms with Gasteiger partial charge in [0.1, 0.15) is 5.75 Å². The van der Waals surface area contributed by atoms with Gasteiger partial charge in [-0.3, -0.25) is 4.79 Å². The van der Waals surface area contributed by atoms with Gasteiger partial charge in [0.15, 0.2) is 0 Å². The number of carboxylic acids is 1. The van der Waals surface area contributed by atoms with E-state index in [2.05, 4.69) is 13.8 Å². The summed E-state index contributed by atoms with van der Waals surface area (Å²) in [5, 5.41) is 9.44. The molecule has 0 aliphatic carbocycles. The van der Waals surface area contributed by atoms with Crippen LogP contribution in [0.4, 0.5) is 0 Å². The number of hydrogen-bond acceptors (Lipinski definition) is 2. The van der Waals surface area contributed by atoms with Crippen molar-refractivity contribution in [3.8, 4) is 5.75 Å². The Hall–Kier alpha value is -2.29. The van der Waals surface area contributed by atoms with Crippen molar-refractivity contribution in [1.82, 2.24) is 0 Å². The molecule has 1 unspecified atom stereocenters. The standard InChI is InChI=1S/C20H24O3/c1-14-6-9-17(10-7-14)19(20(21)22)5-4-12-23-18-11-8-15(2)16(3)13-18/h6-11,13,19H,4-5,12H2,1-3H3,(H,21,22). The number of ether oxygens (including phenoxy) is 1. The van der Waals surface area contributed by atoms with Gasteiger partial charge >= 0.3 is 5.97 Å². The van der Waals surface area contributed by atoms with Crippen LogP contribution >= 0.6 is 0 Å². The zero-order valence-corrected chi connectivity index (χ0v) is 14.0. The largest absolute Gasteiger partial charge is 0.494 e. The second-order valence-corrected chi connectivity index (χ2v) is 6.04. The van der Waals surface area contributed by atoms with Crippen LogP contribution in [0.25, 0.3) is 0 Å². The molecule has 0 aromatic heterocycles. The number of benzene rings is 2. The minimum absolute atomic E-state index is 0.473. The lowest BCUT2D eigenvalue weighted by molar-refractivity contribution is -0.139. The molecular weight excluding hydrogens is 288 g/mol. The Morgan fingerprint density at radius 1 is 1.04 bits per heavy atom. The van der Waals surface area contributed by atoms with Crippen molar-refractivity contribution >= 4 is 5.97 Å². The van der Waals surface area contributed by atoms with Crippen LogP contribution in [0.3, 0.4) is 0 Å². The Labute approximate surface area is 137 Å². The molecular formula is C20H24O3. The minimum Gasteiger partial charge on any atom is -0.494 e. The third-order valence-corrected chi connectivity index (χ3v) is 4.16. The summed E-state index contributed by atoms with van der Waals surface area (Å²) >= 11 is 0. The van der Waals surface area contributed by atoms with Crippen LogP contribution in [0, 0.1) is 20.8 Å². The first kappa shape index (κ1) is 17.1.